The van der Waals surface area contributed by atoms with Crippen LogP contribution in [0.3, 0.4) is 0 Å². The maximum Gasteiger partial charge on any atom is 0.297 e. The number of carbonyl (C=O) groups excluding carboxylic acids is 1. The molecule has 1 amide bonds. The molecule has 0 spiro atoms. The average Bonchev–Trinajstić information content (AvgIpc) is 3.24. The molecular weight excluding hydrogens is 418 g/mol. The number of carbonyl (C=O) groups is 1. The van der Waals surface area contributed by atoms with E-state index in [9.17, 15) is 19.7 Å². The number of thiazole rings is 1. The standard InChI is InChI=1S/C22H15N3O5S/c1-11-12(2)31-22(23-11)24-18(13-6-5-7-14(10-13)25(28)29)17-19(26)15-8-3-4-9-16(15)30-20(17)21(24)27/h3-10,18H,1-2H3/t18-/m0/s1. The summed E-state index contributed by atoms with van der Waals surface area (Å²) in [5.41, 5.74) is 1.21. The van der Waals surface area contributed by atoms with Crippen LogP contribution in [0.15, 0.2) is 57.7 Å². The van der Waals surface area contributed by atoms with E-state index >= 15 is 0 Å². The molecule has 0 unspecified atom stereocenters. The van der Waals surface area contributed by atoms with Gasteiger partial charge in [-0.25, -0.2) is 4.98 Å². The van der Waals surface area contributed by atoms with Crippen molar-refractivity contribution in [3.63, 3.8) is 0 Å². The van der Waals surface area contributed by atoms with Gasteiger partial charge in [-0.15, -0.1) is 11.3 Å². The zero-order chi connectivity index (χ0) is 21.9. The molecule has 2 aromatic carbocycles. The van der Waals surface area contributed by atoms with Gasteiger partial charge in [0.2, 0.25) is 5.76 Å². The Morgan fingerprint density at radius 3 is 2.61 bits per heavy atom. The summed E-state index contributed by atoms with van der Waals surface area (Å²) in [5.74, 6) is -0.561. The first-order valence-corrected chi connectivity index (χ1v) is 10.3. The van der Waals surface area contributed by atoms with E-state index in [4.69, 9.17) is 4.42 Å². The molecule has 5 rings (SSSR count). The number of benzene rings is 2. The fourth-order valence-electron chi connectivity index (χ4n) is 3.80. The van der Waals surface area contributed by atoms with Crippen LogP contribution in [0.4, 0.5) is 10.8 Å². The van der Waals surface area contributed by atoms with E-state index in [0.717, 1.165) is 10.6 Å². The number of hydrogen-bond donors (Lipinski definition) is 0. The highest BCUT2D eigenvalue weighted by molar-refractivity contribution is 7.15. The summed E-state index contributed by atoms with van der Waals surface area (Å²) in [6.07, 6.45) is 0. The Balaban J connectivity index is 1.82. The number of fused-ring (bicyclic) bond motifs is 2. The van der Waals surface area contributed by atoms with E-state index in [1.165, 1.54) is 34.4 Å². The third-order valence-electron chi connectivity index (χ3n) is 5.40. The lowest BCUT2D eigenvalue weighted by Crippen LogP contribution is -2.29. The van der Waals surface area contributed by atoms with Crippen LogP contribution in [0.25, 0.3) is 11.0 Å². The first kappa shape index (κ1) is 19.1. The molecule has 0 radical (unpaired) electrons. The van der Waals surface area contributed by atoms with Crippen molar-refractivity contribution in [3.05, 3.63) is 96.3 Å². The molecule has 31 heavy (non-hydrogen) atoms. The van der Waals surface area contributed by atoms with E-state index < -0.39 is 16.9 Å². The number of nitrogens with zero attached hydrogens (tertiary/aromatic N) is 3. The van der Waals surface area contributed by atoms with Gasteiger partial charge in [-0.2, -0.15) is 0 Å². The van der Waals surface area contributed by atoms with Crippen LogP contribution < -0.4 is 10.3 Å². The molecule has 8 nitrogen and oxygen atoms in total. The van der Waals surface area contributed by atoms with Gasteiger partial charge in [0.1, 0.15) is 5.58 Å². The van der Waals surface area contributed by atoms with Crippen LogP contribution >= 0.6 is 11.3 Å². The van der Waals surface area contributed by atoms with Crippen LogP contribution in [0, 0.1) is 24.0 Å². The number of nitro benzene ring substituents is 1. The van der Waals surface area contributed by atoms with Crippen LogP contribution in [-0.4, -0.2) is 15.8 Å². The third-order valence-corrected chi connectivity index (χ3v) is 6.47. The molecule has 1 atom stereocenters. The highest BCUT2D eigenvalue weighted by Crippen LogP contribution is 2.43. The third kappa shape index (κ3) is 2.85. The van der Waals surface area contributed by atoms with Gasteiger partial charge in [0.25, 0.3) is 11.6 Å². The van der Waals surface area contributed by atoms with Crippen LogP contribution in [-0.2, 0) is 0 Å². The van der Waals surface area contributed by atoms with E-state index in [0.29, 0.717) is 21.7 Å². The number of aromatic nitrogens is 1. The smallest absolute Gasteiger partial charge is 0.297 e. The summed E-state index contributed by atoms with van der Waals surface area (Å²) < 4.78 is 5.87. The largest absolute Gasteiger partial charge is 0.450 e. The van der Waals surface area contributed by atoms with Crippen LogP contribution in [0.2, 0.25) is 0 Å². The molecule has 0 N–H and O–H groups in total. The minimum Gasteiger partial charge on any atom is -0.450 e. The van der Waals surface area contributed by atoms with Crippen LogP contribution in [0.1, 0.15) is 38.3 Å². The molecule has 154 valence electrons. The Morgan fingerprint density at radius 1 is 1.13 bits per heavy atom. The Labute approximate surface area is 179 Å². The van der Waals surface area contributed by atoms with Gasteiger partial charge in [0, 0.05) is 17.0 Å². The van der Waals surface area contributed by atoms with E-state index in [1.54, 1.807) is 30.3 Å². The van der Waals surface area contributed by atoms with Gasteiger partial charge in [0.05, 0.1) is 27.6 Å². The number of amides is 1. The maximum atomic E-state index is 13.4. The molecule has 2 aromatic heterocycles. The molecule has 0 fully saturated rings. The lowest BCUT2D eigenvalue weighted by Gasteiger charge is -2.22. The molecule has 0 bridgehead atoms. The molecule has 9 heteroatoms. The van der Waals surface area contributed by atoms with Crippen molar-refractivity contribution in [1.29, 1.82) is 0 Å². The highest BCUT2D eigenvalue weighted by atomic mass is 32.1. The van der Waals surface area contributed by atoms with Crippen molar-refractivity contribution >= 4 is 39.0 Å². The molecule has 0 aliphatic carbocycles. The quantitative estimate of drug-likeness (QED) is 0.347. The lowest BCUT2D eigenvalue weighted by atomic mass is 9.98. The van der Waals surface area contributed by atoms with Crippen molar-refractivity contribution in [2.75, 3.05) is 4.90 Å². The minimum atomic E-state index is -0.881. The number of rotatable bonds is 3. The second-order valence-corrected chi connectivity index (χ2v) is 8.42. The van der Waals surface area contributed by atoms with Crippen molar-refractivity contribution in [2.24, 2.45) is 0 Å². The first-order valence-electron chi connectivity index (χ1n) is 9.44. The Bertz CT molecular complexity index is 1440. The molecule has 1 aliphatic heterocycles. The molecule has 0 saturated heterocycles. The second kappa shape index (κ2) is 6.85. The predicted molar refractivity (Wildman–Crippen MR) is 116 cm³/mol. The zero-order valence-corrected chi connectivity index (χ0v) is 17.3. The van der Waals surface area contributed by atoms with Gasteiger partial charge in [-0.3, -0.25) is 24.6 Å². The Hall–Kier alpha value is -3.85. The molecule has 4 aromatic rings. The maximum absolute atomic E-state index is 13.4. The summed E-state index contributed by atoms with van der Waals surface area (Å²) in [7, 11) is 0. The predicted octanol–water partition coefficient (Wildman–Crippen LogP) is 4.52. The summed E-state index contributed by atoms with van der Waals surface area (Å²) in [4.78, 5) is 44.6. The number of anilines is 1. The monoisotopic (exact) mass is 433 g/mol. The topological polar surface area (TPSA) is 107 Å². The number of non-ortho nitro benzene ring substituents is 1. The van der Waals surface area contributed by atoms with Gasteiger partial charge in [-0.1, -0.05) is 24.3 Å². The van der Waals surface area contributed by atoms with Crippen molar-refractivity contribution in [2.45, 2.75) is 19.9 Å². The fraction of sp³-hybridized carbons (Fsp3) is 0.136. The van der Waals surface area contributed by atoms with Crippen molar-refractivity contribution in [3.8, 4) is 0 Å². The molecule has 0 saturated carbocycles. The number of para-hydroxylation sites is 1. The second-order valence-electron chi connectivity index (χ2n) is 7.24. The number of nitro groups is 1. The molecular formula is C22H15N3O5S. The van der Waals surface area contributed by atoms with Gasteiger partial charge in [-0.05, 0) is 31.5 Å². The van der Waals surface area contributed by atoms with Gasteiger partial charge in [0.15, 0.2) is 10.6 Å². The Kier molecular flexibility index (Phi) is 4.23. The molecule has 1 aliphatic rings. The average molecular weight is 433 g/mol. The lowest BCUT2D eigenvalue weighted by molar-refractivity contribution is -0.384. The van der Waals surface area contributed by atoms with E-state index in [-0.39, 0.29) is 22.4 Å². The number of hydrogen-bond acceptors (Lipinski definition) is 7. The summed E-state index contributed by atoms with van der Waals surface area (Å²) in [5, 5.41) is 12.1. The fourth-order valence-corrected chi connectivity index (χ4v) is 4.74. The first-order chi connectivity index (χ1) is 14.9. The van der Waals surface area contributed by atoms with Gasteiger partial charge < -0.3 is 4.42 Å². The minimum absolute atomic E-state index is 0.0642. The van der Waals surface area contributed by atoms with Crippen molar-refractivity contribution in [1.82, 2.24) is 4.98 Å². The highest BCUT2D eigenvalue weighted by Gasteiger charge is 2.45. The van der Waals surface area contributed by atoms with E-state index in [1.807, 2.05) is 13.8 Å². The van der Waals surface area contributed by atoms with Crippen molar-refractivity contribution < 1.29 is 14.1 Å². The zero-order valence-electron chi connectivity index (χ0n) is 16.5. The van der Waals surface area contributed by atoms with E-state index in [2.05, 4.69) is 4.98 Å². The normalized spacial score (nSPS) is 15.5. The van der Waals surface area contributed by atoms with Gasteiger partial charge >= 0.3 is 0 Å². The SMILES string of the molecule is Cc1nc(N2C(=O)c3oc4ccccc4c(=O)c3[C@@H]2c2cccc([N+](=O)[O-])c2)sc1C. The summed E-state index contributed by atoms with van der Waals surface area (Å²) in [6, 6.07) is 11.8. The number of aryl methyl sites for hydroxylation is 2. The van der Waals surface area contributed by atoms with Crippen LogP contribution in [0.5, 0.6) is 0 Å². The molecule has 3 heterocycles. The summed E-state index contributed by atoms with van der Waals surface area (Å²) >= 11 is 1.32. The summed E-state index contributed by atoms with van der Waals surface area (Å²) in [6.45, 7) is 3.73. The Morgan fingerprint density at radius 2 is 1.90 bits per heavy atom.